The van der Waals surface area contributed by atoms with E-state index >= 15 is 0 Å². The molecule has 0 aliphatic carbocycles. The maximum absolute atomic E-state index is 13.0. The Kier molecular flexibility index (Phi) is 6.93. The second kappa shape index (κ2) is 9.16. The SMILES string of the molecule is CC#CCOc1ccc(S(=O)(=O)N(Cc2cccnc2)C(C)C(=O)O)cc1. The van der Waals surface area contributed by atoms with Crippen molar-refractivity contribution >= 4 is 16.0 Å². The Morgan fingerprint density at radius 2 is 2.00 bits per heavy atom. The van der Waals surface area contributed by atoms with Gasteiger partial charge < -0.3 is 9.84 Å². The molecule has 1 N–H and O–H groups in total. The third-order valence-electron chi connectivity index (χ3n) is 3.77. The van der Waals surface area contributed by atoms with Gasteiger partial charge in [-0.05, 0) is 49.7 Å². The van der Waals surface area contributed by atoms with Crippen molar-refractivity contribution in [1.29, 1.82) is 0 Å². The smallest absolute Gasteiger partial charge is 0.321 e. The summed E-state index contributed by atoms with van der Waals surface area (Å²) < 4.78 is 32.4. The minimum Gasteiger partial charge on any atom is -0.481 e. The lowest BCUT2D eigenvalue weighted by Gasteiger charge is -2.25. The highest BCUT2D eigenvalue weighted by atomic mass is 32.2. The van der Waals surface area contributed by atoms with Gasteiger partial charge in [0.05, 0.1) is 4.90 Å². The van der Waals surface area contributed by atoms with Crippen LogP contribution in [0.3, 0.4) is 0 Å². The standard InChI is InChI=1S/C19H20N2O5S/c1-3-4-12-26-17-7-9-18(10-8-17)27(24,25)21(15(2)19(22)23)14-16-6-5-11-20-13-16/h5-11,13,15H,12,14H2,1-2H3,(H,22,23). The van der Waals surface area contributed by atoms with Crippen LogP contribution in [0.15, 0.2) is 53.7 Å². The fourth-order valence-electron chi connectivity index (χ4n) is 2.26. The summed E-state index contributed by atoms with van der Waals surface area (Å²) in [6, 6.07) is 7.90. The van der Waals surface area contributed by atoms with Crippen molar-refractivity contribution in [2.75, 3.05) is 6.61 Å². The molecule has 0 bridgehead atoms. The first-order valence-electron chi connectivity index (χ1n) is 8.12. The molecule has 1 unspecified atom stereocenters. The van der Waals surface area contributed by atoms with E-state index in [1.807, 2.05) is 0 Å². The quantitative estimate of drug-likeness (QED) is 0.696. The highest BCUT2D eigenvalue weighted by molar-refractivity contribution is 7.89. The van der Waals surface area contributed by atoms with Crippen LogP contribution in [0.4, 0.5) is 0 Å². The predicted octanol–water partition coefficient (Wildman–Crippen LogP) is 2.15. The lowest BCUT2D eigenvalue weighted by atomic mass is 10.2. The van der Waals surface area contributed by atoms with Crippen LogP contribution in [-0.4, -0.2) is 41.4 Å². The summed E-state index contributed by atoms with van der Waals surface area (Å²) in [7, 11) is -4.04. The van der Waals surface area contributed by atoms with Gasteiger partial charge in [0, 0.05) is 18.9 Å². The largest absolute Gasteiger partial charge is 0.481 e. The van der Waals surface area contributed by atoms with Gasteiger partial charge in [0.1, 0.15) is 18.4 Å². The predicted molar refractivity (Wildman–Crippen MR) is 99.5 cm³/mol. The van der Waals surface area contributed by atoms with E-state index in [4.69, 9.17) is 4.74 Å². The highest BCUT2D eigenvalue weighted by Crippen LogP contribution is 2.23. The molecule has 27 heavy (non-hydrogen) atoms. The van der Waals surface area contributed by atoms with E-state index in [1.165, 1.54) is 37.4 Å². The molecule has 142 valence electrons. The number of sulfonamides is 1. The van der Waals surface area contributed by atoms with Gasteiger partial charge in [-0.1, -0.05) is 12.0 Å². The van der Waals surface area contributed by atoms with Crippen LogP contribution in [0.5, 0.6) is 5.75 Å². The molecule has 0 amide bonds. The molecule has 1 aromatic heterocycles. The topological polar surface area (TPSA) is 96.8 Å². The molecule has 0 saturated carbocycles. The van der Waals surface area contributed by atoms with E-state index in [1.54, 1.807) is 25.3 Å². The van der Waals surface area contributed by atoms with E-state index in [-0.39, 0.29) is 18.0 Å². The third-order valence-corrected chi connectivity index (χ3v) is 5.70. The summed E-state index contributed by atoms with van der Waals surface area (Å²) in [4.78, 5) is 15.4. The minimum absolute atomic E-state index is 0.0200. The van der Waals surface area contributed by atoms with Crippen molar-refractivity contribution in [3.63, 3.8) is 0 Å². The summed E-state index contributed by atoms with van der Waals surface area (Å²) in [6.45, 7) is 3.12. The molecular weight excluding hydrogens is 368 g/mol. The Labute approximate surface area is 158 Å². The number of aliphatic carboxylic acids is 1. The number of rotatable bonds is 8. The Morgan fingerprint density at radius 3 is 2.56 bits per heavy atom. The zero-order chi connectivity index (χ0) is 19.9. The summed E-state index contributed by atoms with van der Waals surface area (Å²) in [5, 5.41) is 9.35. The zero-order valence-electron chi connectivity index (χ0n) is 15.0. The molecular formula is C19H20N2O5S. The fourth-order valence-corrected chi connectivity index (χ4v) is 3.84. The van der Waals surface area contributed by atoms with Crippen molar-refractivity contribution in [2.24, 2.45) is 0 Å². The summed E-state index contributed by atoms with van der Waals surface area (Å²) in [5.74, 6) is 4.68. The molecule has 0 fully saturated rings. The number of carboxylic acids is 1. The van der Waals surface area contributed by atoms with Crippen molar-refractivity contribution in [3.8, 4) is 17.6 Å². The number of pyridine rings is 1. The van der Waals surface area contributed by atoms with Gasteiger partial charge in [-0.2, -0.15) is 4.31 Å². The minimum atomic E-state index is -4.04. The van der Waals surface area contributed by atoms with Gasteiger partial charge in [-0.3, -0.25) is 9.78 Å². The van der Waals surface area contributed by atoms with Gasteiger partial charge in [-0.15, -0.1) is 5.92 Å². The molecule has 2 aromatic rings. The lowest BCUT2D eigenvalue weighted by molar-refractivity contribution is -0.141. The van der Waals surface area contributed by atoms with Crippen molar-refractivity contribution < 1.29 is 23.1 Å². The first-order chi connectivity index (χ1) is 12.9. The monoisotopic (exact) mass is 388 g/mol. The Balaban J connectivity index is 2.31. The average Bonchev–Trinajstić information content (AvgIpc) is 2.67. The molecule has 0 saturated heterocycles. The van der Waals surface area contributed by atoms with Crippen LogP contribution in [0, 0.1) is 11.8 Å². The van der Waals surface area contributed by atoms with E-state index in [0.29, 0.717) is 11.3 Å². The van der Waals surface area contributed by atoms with Gasteiger partial charge in [0.2, 0.25) is 10.0 Å². The van der Waals surface area contributed by atoms with Crippen molar-refractivity contribution in [3.05, 3.63) is 54.4 Å². The second-order valence-electron chi connectivity index (χ2n) is 5.61. The van der Waals surface area contributed by atoms with E-state index in [9.17, 15) is 18.3 Å². The molecule has 1 atom stereocenters. The normalized spacial score (nSPS) is 12.1. The van der Waals surface area contributed by atoms with E-state index < -0.39 is 22.0 Å². The van der Waals surface area contributed by atoms with Gasteiger partial charge in [0.25, 0.3) is 0 Å². The molecule has 1 aromatic carbocycles. The number of carboxylic acid groups (broad SMARTS) is 1. The van der Waals surface area contributed by atoms with Gasteiger partial charge in [-0.25, -0.2) is 8.42 Å². The molecule has 2 rings (SSSR count). The maximum Gasteiger partial charge on any atom is 0.321 e. The lowest BCUT2D eigenvalue weighted by Crippen LogP contribution is -2.42. The molecule has 0 spiro atoms. The number of nitrogens with zero attached hydrogens (tertiary/aromatic N) is 2. The van der Waals surface area contributed by atoms with Crippen molar-refractivity contribution in [1.82, 2.24) is 9.29 Å². The van der Waals surface area contributed by atoms with Crippen LogP contribution in [0.1, 0.15) is 19.4 Å². The first kappa shape index (κ1) is 20.4. The molecule has 0 aliphatic heterocycles. The fraction of sp³-hybridized carbons (Fsp3) is 0.263. The number of ether oxygens (including phenoxy) is 1. The van der Waals surface area contributed by atoms with E-state index in [2.05, 4.69) is 16.8 Å². The Morgan fingerprint density at radius 1 is 1.30 bits per heavy atom. The molecule has 8 heteroatoms. The molecule has 0 radical (unpaired) electrons. The highest BCUT2D eigenvalue weighted by Gasteiger charge is 2.33. The molecule has 1 heterocycles. The number of carbonyl (C=O) groups is 1. The maximum atomic E-state index is 13.0. The molecule has 0 aliphatic rings. The Bertz CT molecular complexity index is 932. The number of aromatic nitrogens is 1. The number of benzene rings is 1. The van der Waals surface area contributed by atoms with Gasteiger partial charge >= 0.3 is 5.97 Å². The second-order valence-corrected chi connectivity index (χ2v) is 7.50. The number of hydrogen-bond acceptors (Lipinski definition) is 5. The summed E-state index contributed by atoms with van der Waals surface area (Å²) in [5.41, 5.74) is 0.590. The Hall–Kier alpha value is -2.89. The average molecular weight is 388 g/mol. The summed E-state index contributed by atoms with van der Waals surface area (Å²) >= 11 is 0. The van der Waals surface area contributed by atoms with E-state index in [0.717, 1.165) is 4.31 Å². The van der Waals surface area contributed by atoms with Crippen LogP contribution in [0.25, 0.3) is 0 Å². The van der Waals surface area contributed by atoms with Crippen LogP contribution >= 0.6 is 0 Å². The third kappa shape index (κ3) is 5.29. The summed E-state index contributed by atoms with van der Waals surface area (Å²) in [6.07, 6.45) is 3.06. The first-order valence-corrected chi connectivity index (χ1v) is 9.56. The van der Waals surface area contributed by atoms with Crippen LogP contribution in [0.2, 0.25) is 0 Å². The van der Waals surface area contributed by atoms with Gasteiger partial charge in [0.15, 0.2) is 0 Å². The molecule has 7 nitrogen and oxygen atoms in total. The zero-order valence-corrected chi connectivity index (χ0v) is 15.8. The van der Waals surface area contributed by atoms with Crippen LogP contribution in [-0.2, 0) is 21.4 Å². The van der Waals surface area contributed by atoms with Crippen LogP contribution < -0.4 is 4.74 Å². The number of hydrogen-bond donors (Lipinski definition) is 1. The van der Waals surface area contributed by atoms with Crippen molar-refractivity contribution in [2.45, 2.75) is 31.3 Å².